The van der Waals surface area contributed by atoms with Gasteiger partial charge >= 0.3 is 0 Å². The third kappa shape index (κ3) is 4.44. The number of nitrogens with zero attached hydrogens (tertiary/aromatic N) is 2. The molecule has 2 aliphatic rings. The SMILES string of the molecule is CCNC(=O)CCN1CCC(N2CCC(N)CC2)C1. The summed E-state index contributed by atoms with van der Waals surface area (Å²) in [5, 5.41) is 2.86. The molecule has 2 fully saturated rings. The van der Waals surface area contributed by atoms with Crippen LogP contribution >= 0.6 is 0 Å². The third-order valence-corrected chi connectivity index (χ3v) is 4.37. The van der Waals surface area contributed by atoms with Gasteiger partial charge in [0.2, 0.25) is 5.91 Å². The molecule has 1 unspecified atom stereocenters. The first-order chi connectivity index (χ1) is 9.19. The minimum atomic E-state index is 0.176. The first-order valence-corrected chi connectivity index (χ1v) is 7.67. The molecule has 0 aromatic rings. The number of likely N-dealkylation sites (tertiary alicyclic amines) is 2. The van der Waals surface area contributed by atoms with E-state index >= 15 is 0 Å². The Labute approximate surface area is 116 Å². The van der Waals surface area contributed by atoms with Crippen LogP contribution < -0.4 is 11.1 Å². The molecule has 5 heteroatoms. The highest BCUT2D eigenvalue weighted by atomic mass is 16.1. The van der Waals surface area contributed by atoms with Crippen molar-refractivity contribution in [2.24, 2.45) is 5.73 Å². The molecule has 1 atom stereocenters. The van der Waals surface area contributed by atoms with E-state index in [1.54, 1.807) is 0 Å². The fourth-order valence-corrected chi connectivity index (χ4v) is 3.14. The molecule has 2 aliphatic heterocycles. The highest BCUT2D eigenvalue weighted by Gasteiger charge is 2.29. The Balaban J connectivity index is 1.67. The molecule has 0 aromatic heterocycles. The second kappa shape index (κ2) is 7.22. The summed E-state index contributed by atoms with van der Waals surface area (Å²) in [4.78, 5) is 16.5. The fraction of sp³-hybridized carbons (Fsp3) is 0.929. The molecule has 2 saturated heterocycles. The van der Waals surface area contributed by atoms with E-state index in [2.05, 4.69) is 15.1 Å². The van der Waals surface area contributed by atoms with Crippen LogP contribution in [0.3, 0.4) is 0 Å². The maximum atomic E-state index is 11.5. The molecule has 5 nitrogen and oxygen atoms in total. The van der Waals surface area contributed by atoms with Crippen molar-refractivity contribution in [3.8, 4) is 0 Å². The Morgan fingerprint density at radius 2 is 2.00 bits per heavy atom. The largest absolute Gasteiger partial charge is 0.356 e. The van der Waals surface area contributed by atoms with Gasteiger partial charge in [0.05, 0.1) is 0 Å². The number of hydrogen-bond acceptors (Lipinski definition) is 4. The summed E-state index contributed by atoms with van der Waals surface area (Å²) in [6.07, 6.45) is 4.14. The molecule has 2 rings (SSSR count). The summed E-state index contributed by atoms with van der Waals surface area (Å²) in [5.74, 6) is 0.176. The van der Waals surface area contributed by atoms with Crippen LogP contribution in [0.15, 0.2) is 0 Å². The van der Waals surface area contributed by atoms with E-state index in [1.807, 2.05) is 6.92 Å². The Morgan fingerprint density at radius 1 is 1.26 bits per heavy atom. The quantitative estimate of drug-likeness (QED) is 0.737. The molecular formula is C14H28N4O. The first-order valence-electron chi connectivity index (χ1n) is 7.67. The Hall–Kier alpha value is -0.650. The van der Waals surface area contributed by atoms with Crippen LogP contribution in [0, 0.1) is 0 Å². The van der Waals surface area contributed by atoms with Crippen LogP contribution in [0.5, 0.6) is 0 Å². The number of rotatable bonds is 5. The van der Waals surface area contributed by atoms with Crippen molar-refractivity contribution in [1.29, 1.82) is 0 Å². The topological polar surface area (TPSA) is 61.6 Å². The van der Waals surface area contributed by atoms with Crippen LogP contribution in [0.25, 0.3) is 0 Å². The van der Waals surface area contributed by atoms with E-state index < -0.39 is 0 Å². The number of amides is 1. The Bertz CT molecular complexity index is 289. The standard InChI is InChI=1S/C14H28N4O/c1-2-16-14(19)6-8-17-7-5-13(11-17)18-9-3-12(15)4-10-18/h12-13H,2-11,15H2,1H3,(H,16,19). The Kier molecular flexibility index (Phi) is 5.60. The van der Waals surface area contributed by atoms with E-state index in [0.29, 0.717) is 18.5 Å². The van der Waals surface area contributed by atoms with Crippen LogP contribution in [0.2, 0.25) is 0 Å². The van der Waals surface area contributed by atoms with Gasteiger partial charge in [0.1, 0.15) is 0 Å². The maximum Gasteiger partial charge on any atom is 0.221 e. The molecule has 1 amide bonds. The predicted molar refractivity (Wildman–Crippen MR) is 76.9 cm³/mol. The summed E-state index contributed by atoms with van der Waals surface area (Å²) in [6, 6.07) is 1.09. The molecule has 2 heterocycles. The Morgan fingerprint density at radius 3 is 2.68 bits per heavy atom. The van der Waals surface area contributed by atoms with Crippen molar-refractivity contribution in [1.82, 2.24) is 15.1 Å². The second-order valence-corrected chi connectivity index (χ2v) is 5.82. The number of carbonyl (C=O) groups is 1. The van der Waals surface area contributed by atoms with Gasteiger partial charge in [0.25, 0.3) is 0 Å². The zero-order chi connectivity index (χ0) is 13.7. The number of hydrogen-bond donors (Lipinski definition) is 2. The molecule has 0 aromatic carbocycles. The third-order valence-electron chi connectivity index (χ3n) is 4.37. The molecule has 0 saturated carbocycles. The van der Waals surface area contributed by atoms with E-state index in [1.165, 1.54) is 6.42 Å². The number of piperidine rings is 1. The number of nitrogens with two attached hydrogens (primary N) is 1. The van der Waals surface area contributed by atoms with Gasteiger partial charge in [0.15, 0.2) is 0 Å². The van der Waals surface area contributed by atoms with Gasteiger partial charge in [-0.3, -0.25) is 9.69 Å². The molecule has 110 valence electrons. The van der Waals surface area contributed by atoms with Crippen LogP contribution in [-0.2, 0) is 4.79 Å². The lowest BCUT2D eigenvalue weighted by atomic mass is 10.0. The van der Waals surface area contributed by atoms with Crippen molar-refractivity contribution in [2.75, 3.05) is 39.3 Å². The van der Waals surface area contributed by atoms with E-state index in [-0.39, 0.29) is 5.91 Å². The van der Waals surface area contributed by atoms with Crippen LogP contribution in [0.1, 0.15) is 32.6 Å². The van der Waals surface area contributed by atoms with Gasteiger partial charge in [-0.05, 0) is 45.8 Å². The first kappa shape index (κ1) is 14.8. The van der Waals surface area contributed by atoms with E-state index in [4.69, 9.17) is 5.73 Å². The summed E-state index contributed by atoms with van der Waals surface area (Å²) in [5.41, 5.74) is 5.95. The monoisotopic (exact) mass is 268 g/mol. The van der Waals surface area contributed by atoms with Gasteiger partial charge in [-0.15, -0.1) is 0 Å². The smallest absolute Gasteiger partial charge is 0.221 e. The highest BCUT2D eigenvalue weighted by Crippen LogP contribution is 2.19. The van der Waals surface area contributed by atoms with Crippen molar-refractivity contribution >= 4 is 5.91 Å². The van der Waals surface area contributed by atoms with Gasteiger partial charge in [-0.1, -0.05) is 0 Å². The predicted octanol–water partition coefficient (Wildman–Crippen LogP) is 0.0100. The van der Waals surface area contributed by atoms with Crippen molar-refractivity contribution < 1.29 is 4.79 Å². The second-order valence-electron chi connectivity index (χ2n) is 5.82. The van der Waals surface area contributed by atoms with Gasteiger partial charge in [-0.25, -0.2) is 0 Å². The van der Waals surface area contributed by atoms with Crippen molar-refractivity contribution in [2.45, 2.75) is 44.7 Å². The molecule has 3 N–H and O–H groups in total. The minimum Gasteiger partial charge on any atom is -0.356 e. The average molecular weight is 268 g/mol. The fourth-order valence-electron chi connectivity index (χ4n) is 3.14. The summed E-state index contributed by atoms with van der Waals surface area (Å²) in [7, 11) is 0. The highest BCUT2D eigenvalue weighted by molar-refractivity contribution is 5.75. The van der Waals surface area contributed by atoms with Crippen LogP contribution in [-0.4, -0.2) is 67.1 Å². The molecular weight excluding hydrogens is 240 g/mol. The molecule has 0 radical (unpaired) electrons. The lowest BCUT2D eigenvalue weighted by molar-refractivity contribution is -0.121. The molecule has 0 aliphatic carbocycles. The number of nitrogens with one attached hydrogen (secondary N) is 1. The molecule has 0 bridgehead atoms. The molecule has 0 spiro atoms. The van der Waals surface area contributed by atoms with E-state index in [0.717, 1.165) is 52.1 Å². The minimum absolute atomic E-state index is 0.176. The lowest BCUT2D eigenvalue weighted by Crippen LogP contribution is -2.46. The van der Waals surface area contributed by atoms with Crippen LogP contribution in [0.4, 0.5) is 0 Å². The molecule has 19 heavy (non-hydrogen) atoms. The lowest BCUT2D eigenvalue weighted by Gasteiger charge is -2.34. The van der Waals surface area contributed by atoms with Gasteiger partial charge in [-0.2, -0.15) is 0 Å². The zero-order valence-corrected chi connectivity index (χ0v) is 12.1. The van der Waals surface area contributed by atoms with Crippen molar-refractivity contribution in [3.63, 3.8) is 0 Å². The zero-order valence-electron chi connectivity index (χ0n) is 12.1. The average Bonchev–Trinajstić information content (AvgIpc) is 2.86. The summed E-state index contributed by atoms with van der Waals surface area (Å²) >= 11 is 0. The van der Waals surface area contributed by atoms with Gasteiger partial charge in [0, 0.05) is 38.1 Å². The van der Waals surface area contributed by atoms with Crippen molar-refractivity contribution in [3.05, 3.63) is 0 Å². The summed E-state index contributed by atoms with van der Waals surface area (Å²) in [6.45, 7) is 8.14. The normalized spacial score (nSPS) is 26.7. The summed E-state index contributed by atoms with van der Waals surface area (Å²) < 4.78 is 0. The van der Waals surface area contributed by atoms with E-state index in [9.17, 15) is 4.79 Å². The van der Waals surface area contributed by atoms with Gasteiger partial charge < -0.3 is 16.0 Å². The number of carbonyl (C=O) groups excluding carboxylic acids is 1. The maximum absolute atomic E-state index is 11.5.